The van der Waals surface area contributed by atoms with E-state index in [1.807, 2.05) is 24.0 Å². The van der Waals surface area contributed by atoms with Crippen LogP contribution in [-0.4, -0.2) is 15.7 Å². The zero-order valence-electron chi connectivity index (χ0n) is 15.2. The Kier molecular flexibility index (Phi) is 5.37. The molecule has 4 nitrogen and oxygen atoms in total. The minimum atomic E-state index is -0.155. The third-order valence-electron chi connectivity index (χ3n) is 5.25. The molecule has 2 aromatic rings. The lowest BCUT2D eigenvalue weighted by molar-refractivity contribution is -0.116. The van der Waals surface area contributed by atoms with Crippen molar-refractivity contribution in [3.8, 4) is 11.3 Å². The lowest BCUT2D eigenvalue weighted by atomic mass is 9.79. The van der Waals surface area contributed by atoms with Gasteiger partial charge in [0.15, 0.2) is 0 Å². The first kappa shape index (κ1) is 17.5. The van der Waals surface area contributed by atoms with Gasteiger partial charge in [-0.2, -0.15) is 5.10 Å². The highest BCUT2D eigenvalue weighted by atomic mass is 16.1. The summed E-state index contributed by atoms with van der Waals surface area (Å²) < 4.78 is 1.82. The maximum Gasteiger partial charge on any atom is 0.243 e. The summed E-state index contributed by atoms with van der Waals surface area (Å²) in [6.45, 7) is 6.34. The second-order valence-corrected chi connectivity index (χ2v) is 7.17. The van der Waals surface area contributed by atoms with E-state index < -0.39 is 0 Å². The van der Waals surface area contributed by atoms with Crippen molar-refractivity contribution in [2.45, 2.75) is 45.1 Å². The van der Waals surface area contributed by atoms with E-state index in [1.54, 1.807) is 0 Å². The number of nitrogens with one attached hydrogen (secondary N) is 1. The number of carbonyl (C=O) groups excluding carboxylic acids is 1. The summed E-state index contributed by atoms with van der Waals surface area (Å²) in [7, 11) is 1.93. The maximum absolute atomic E-state index is 11.5. The van der Waals surface area contributed by atoms with Crippen LogP contribution in [0.3, 0.4) is 0 Å². The fourth-order valence-electron chi connectivity index (χ4n) is 3.65. The van der Waals surface area contributed by atoms with Gasteiger partial charge in [0, 0.05) is 25.4 Å². The van der Waals surface area contributed by atoms with E-state index in [4.69, 9.17) is 0 Å². The van der Waals surface area contributed by atoms with Crippen molar-refractivity contribution in [2.24, 2.45) is 13.0 Å². The topological polar surface area (TPSA) is 46.9 Å². The summed E-state index contributed by atoms with van der Waals surface area (Å²) in [6.07, 6.45) is 8.39. The average molecular weight is 337 g/mol. The summed E-state index contributed by atoms with van der Waals surface area (Å²) in [5.74, 6) is 1.33. The molecule has 1 saturated carbocycles. The van der Waals surface area contributed by atoms with Crippen molar-refractivity contribution in [1.29, 1.82) is 0 Å². The van der Waals surface area contributed by atoms with E-state index in [0.29, 0.717) is 12.5 Å². The monoisotopic (exact) mass is 337 g/mol. The highest BCUT2D eigenvalue weighted by Gasteiger charge is 2.21. The van der Waals surface area contributed by atoms with Crippen LogP contribution in [0.5, 0.6) is 0 Å². The molecular weight excluding hydrogens is 310 g/mol. The molecule has 0 aliphatic heterocycles. The number of benzene rings is 1. The third kappa shape index (κ3) is 4.19. The number of hydrogen-bond donors (Lipinski definition) is 1. The van der Waals surface area contributed by atoms with Crippen LogP contribution in [0.1, 0.15) is 49.7 Å². The standard InChI is InChI=1S/C21H27N3O/c1-4-21(25)22-14-18-10-9-17(16-7-5-15(2)6-8-16)13-19(18)20-11-12-24(3)23-20/h4,9-13,15-16H,1,5-8,14H2,2-3H3,(H,22,25). The quantitative estimate of drug-likeness (QED) is 0.832. The van der Waals surface area contributed by atoms with Gasteiger partial charge in [0.1, 0.15) is 0 Å². The number of amides is 1. The Hall–Kier alpha value is -2.36. The molecule has 1 aromatic carbocycles. The summed E-state index contributed by atoms with van der Waals surface area (Å²) >= 11 is 0. The number of rotatable bonds is 5. The van der Waals surface area contributed by atoms with Gasteiger partial charge < -0.3 is 5.32 Å². The van der Waals surface area contributed by atoms with E-state index in [2.05, 4.69) is 42.1 Å². The highest BCUT2D eigenvalue weighted by molar-refractivity contribution is 5.86. The van der Waals surface area contributed by atoms with Crippen molar-refractivity contribution >= 4 is 5.91 Å². The van der Waals surface area contributed by atoms with Gasteiger partial charge in [0.05, 0.1) is 5.69 Å². The molecule has 4 heteroatoms. The number of aromatic nitrogens is 2. The minimum absolute atomic E-state index is 0.155. The van der Waals surface area contributed by atoms with Crippen LogP contribution in [0.15, 0.2) is 43.1 Å². The van der Waals surface area contributed by atoms with Gasteiger partial charge in [0.25, 0.3) is 0 Å². The first-order valence-electron chi connectivity index (χ1n) is 9.10. The Morgan fingerprint density at radius 3 is 2.72 bits per heavy atom. The maximum atomic E-state index is 11.5. The molecule has 3 rings (SSSR count). The van der Waals surface area contributed by atoms with E-state index in [1.165, 1.54) is 37.3 Å². The highest BCUT2D eigenvalue weighted by Crippen LogP contribution is 2.37. The van der Waals surface area contributed by atoms with Crippen LogP contribution >= 0.6 is 0 Å². The molecule has 1 amide bonds. The summed E-state index contributed by atoms with van der Waals surface area (Å²) in [4.78, 5) is 11.5. The Balaban J connectivity index is 1.90. The van der Waals surface area contributed by atoms with Crippen molar-refractivity contribution < 1.29 is 4.79 Å². The van der Waals surface area contributed by atoms with Crippen molar-refractivity contribution in [2.75, 3.05) is 0 Å². The van der Waals surface area contributed by atoms with Crippen LogP contribution < -0.4 is 5.32 Å². The number of nitrogens with zero attached hydrogens (tertiary/aromatic N) is 2. The lowest BCUT2D eigenvalue weighted by Gasteiger charge is -2.27. The summed E-state index contributed by atoms with van der Waals surface area (Å²) in [5.41, 5.74) is 4.55. The van der Waals surface area contributed by atoms with E-state index in [9.17, 15) is 4.79 Å². The molecule has 0 atom stereocenters. The van der Waals surface area contributed by atoms with Crippen LogP contribution in [0.2, 0.25) is 0 Å². The second-order valence-electron chi connectivity index (χ2n) is 7.17. The molecule has 1 heterocycles. The Morgan fingerprint density at radius 2 is 2.08 bits per heavy atom. The van der Waals surface area contributed by atoms with Gasteiger partial charge in [-0.3, -0.25) is 9.48 Å². The second kappa shape index (κ2) is 7.68. The smallest absolute Gasteiger partial charge is 0.243 e. The predicted octanol–water partition coefficient (Wildman–Crippen LogP) is 4.18. The molecule has 0 bridgehead atoms. The molecule has 132 valence electrons. The zero-order valence-corrected chi connectivity index (χ0v) is 15.2. The van der Waals surface area contributed by atoms with E-state index >= 15 is 0 Å². The fourth-order valence-corrected chi connectivity index (χ4v) is 3.65. The molecule has 0 spiro atoms. The number of hydrogen-bond acceptors (Lipinski definition) is 2. The molecule has 0 unspecified atom stereocenters. The van der Waals surface area contributed by atoms with Crippen LogP contribution in [-0.2, 0) is 18.4 Å². The van der Waals surface area contributed by atoms with Crippen LogP contribution in [0.25, 0.3) is 11.3 Å². The third-order valence-corrected chi connectivity index (χ3v) is 5.25. The molecule has 1 aromatic heterocycles. The molecule has 0 saturated heterocycles. The van der Waals surface area contributed by atoms with Gasteiger partial charge in [0.2, 0.25) is 5.91 Å². The normalized spacial score (nSPS) is 20.2. The molecule has 1 fully saturated rings. The predicted molar refractivity (Wildman–Crippen MR) is 101 cm³/mol. The average Bonchev–Trinajstić information content (AvgIpc) is 3.06. The van der Waals surface area contributed by atoms with Gasteiger partial charge in [-0.1, -0.05) is 38.5 Å². The number of aryl methyl sites for hydroxylation is 1. The fraction of sp³-hybridized carbons (Fsp3) is 0.429. The van der Waals surface area contributed by atoms with Crippen molar-refractivity contribution in [3.05, 3.63) is 54.2 Å². The van der Waals surface area contributed by atoms with E-state index in [-0.39, 0.29) is 5.91 Å². The van der Waals surface area contributed by atoms with Crippen LogP contribution in [0.4, 0.5) is 0 Å². The Labute approximate surface area is 149 Å². The first-order chi connectivity index (χ1) is 12.1. The van der Waals surface area contributed by atoms with Crippen molar-refractivity contribution in [1.82, 2.24) is 15.1 Å². The van der Waals surface area contributed by atoms with Gasteiger partial charge in [-0.05, 0) is 54.0 Å². The molecular formula is C21H27N3O. The molecule has 1 N–H and O–H groups in total. The first-order valence-corrected chi connectivity index (χ1v) is 9.10. The van der Waals surface area contributed by atoms with Gasteiger partial charge >= 0.3 is 0 Å². The van der Waals surface area contributed by atoms with Crippen LogP contribution in [0, 0.1) is 5.92 Å². The zero-order chi connectivity index (χ0) is 17.8. The Bertz CT molecular complexity index is 754. The largest absolute Gasteiger partial charge is 0.348 e. The molecule has 1 aliphatic rings. The van der Waals surface area contributed by atoms with Crippen molar-refractivity contribution in [3.63, 3.8) is 0 Å². The molecule has 1 aliphatic carbocycles. The molecule has 25 heavy (non-hydrogen) atoms. The summed E-state index contributed by atoms with van der Waals surface area (Å²) in [6, 6.07) is 8.67. The van der Waals surface area contributed by atoms with E-state index in [0.717, 1.165) is 22.7 Å². The lowest BCUT2D eigenvalue weighted by Crippen LogP contribution is -2.20. The minimum Gasteiger partial charge on any atom is -0.348 e. The molecule has 0 radical (unpaired) electrons. The SMILES string of the molecule is C=CC(=O)NCc1ccc(C2CCC(C)CC2)cc1-c1ccn(C)n1. The summed E-state index contributed by atoms with van der Waals surface area (Å²) in [5, 5.41) is 7.45. The number of carbonyl (C=O) groups is 1. The Morgan fingerprint density at radius 1 is 1.32 bits per heavy atom. The van der Waals surface area contributed by atoms with Gasteiger partial charge in [-0.25, -0.2) is 0 Å². The van der Waals surface area contributed by atoms with Gasteiger partial charge in [-0.15, -0.1) is 0 Å².